The largest absolute Gasteiger partial charge is 0.507 e. The second kappa shape index (κ2) is 9.43. The van der Waals surface area contributed by atoms with Crippen molar-refractivity contribution in [1.82, 2.24) is 0 Å². The van der Waals surface area contributed by atoms with Crippen molar-refractivity contribution in [2.45, 2.75) is 31.3 Å². The molecule has 0 fully saturated rings. The number of aliphatic hydroxyl groups excluding tert-OH is 1. The van der Waals surface area contributed by atoms with Gasteiger partial charge in [0.15, 0.2) is 28.8 Å². The number of carbonyl (C=O) groups excluding carboxylic acids is 3. The van der Waals surface area contributed by atoms with Gasteiger partial charge in [-0.2, -0.15) is 0 Å². The fraction of sp³-hybridized carbons (Fsp3) is 0.370. The van der Waals surface area contributed by atoms with Crippen molar-refractivity contribution < 1.29 is 47.9 Å². The Labute approximate surface area is 223 Å². The van der Waals surface area contributed by atoms with Crippen molar-refractivity contribution in [3.05, 3.63) is 51.7 Å². The molecule has 3 atom stereocenters. The molecule has 0 bridgehead atoms. The maximum absolute atomic E-state index is 14.0. The molecule has 0 saturated carbocycles. The molecular formula is C27H25ClO10. The lowest BCUT2D eigenvalue weighted by atomic mass is 9.69. The SMILES string of the molecule is COC(=O)C[C@@H](C1=C(O)[C@@]2(Oc3c(Cl)c(OC)cc(OC)c3C2=O)[C@H](C)CC1=O)c1ccc2c(c1)OCO2. The van der Waals surface area contributed by atoms with Crippen LogP contribution in [0.1, 0.15) is 41.6 Å². The summed E-state index contributed by atoms with van der Waals surface area (Å²) in [6, 6.07) is 6.39. The third-order valence-corrected chi connectivity index (χ3v) is 7.62. The van der Waals surface area contributed by atoms with Gasteiger partial charge < -0.3 is 33.5 Å². The first-order valence-electron chi connectivity index (χ1n) is 11.8. The number of ether oxygens (including phenoxy) is 6. The van der Waals surface area contributed by atoms with Crippen LogP contribution in [-0.2, 0) is 14.3 Å². The first kappa shape index (κ1) is 25.7. The van der Waals surface area contributed by atoms with E-state index in [1.54, 1.807) is 25.1 Å². The van der Waals surface area contributed by atoms with Gasteiger partial charge >= 0.3 is 5.97 Å². The van der Waals surface area contributed by atoms with Crippen LogP contribution in [0.3, 0.4) is 0 Å². The third-order valence-electron chi connectivity index (χ3n) is 7.26. The van der Waals surface area contributed by atoms with Crippen LogP contribution in [0.5, 0.6) is 28.7 Å². The second-order valence-corrected chi connectivity index (χ2v) is 9.58. The van der Waals surface area contributed by atoms with Crippen LogP contribution in [0, 0.1) is 5.92 Å². The minimum atomic E-state index is -1.97. The van der Waals surface area contributed by atoms with Crippen LogP contribution >= 0.6 is 11.6 Å². The van der Waals surface area contributed by atoms with Gasteiger partial charge in [-0.05, 0) is 17.7 Å². The minimum Gasteiger partial charge on any atom is -0.507 e. The molecule has 2 aliphatic heterocycles. The number of halogens is 1. The number of benzene rings is 2. The topological polar surface area (TPSA) is 127 Å². The molecule has 11 heteroatoms. The number of ketones is 2. The molecule has 1 spiro atoms. The molecular weight excluding hydrogens is 520 g/mol. The number of methoxy groups -OCH3 is 3. The summed E-state index contributed by atoms with van der Waals surface area (Å²) in [5.74, 6) is -2.76. The van der Waals surface area contributed by atoms with Crippen molar-refractivity contribution >= 4 is 29.1 Å². The standard InChI is InChI=1S/C27H25ClO10/c1-12-7-15(29)21(14(9-20(30)35-4)13-5-6-16-17(8-13)37-11-36-16)25(31)27(12)26(32)22-18(33-2)10-19(34-3)23(28)24(22)38-27/h5-6,8,10,12,14,31H,7,9,11H2,1-4H3/t12-,14-,27+/m1/s1. The highest BCUT2D eigenvalue weighted by molar-refractivity contribution is 6.35. The monoisotopic (exact) mass is 544 g/mol. The summed E-state index contributed by atoms with van der Waals surface area (Å²) in [6.07, 6.45) is -0.427. The molecule has 1 aliphatic carbocycles. The summed E-state index contributed by atoms with van der Waals surface area (Å²) < 4.78 is 32.6. The fourth-order valence-electron chi connectivity index (χ4n) is 5.30. The molecule has 2 aromatic rings. The zero-order valence-electron chi connectivity index (χ0n) is 21.1. The molecule has 0 amide bonds. The quantitative estimate of drug-likeness (QED) is 0.529. The van der Waals surface area contributed by atoms with Crippen molar-refractivity contribution in [3.8, 4) is 28.7 Å². The second-order valence-electron chi connectivity index (χ2n) is 9.20. The molecule has 5 rings (SSSR count). The zero-order valence-corrected chi connectivity index (χ0v) is 21.8. The molecule has 0 saturated heterocycles. The highest BCUT2D eigenvalue weighted by Gasteiger charge is 2.61. The number of rotatable bonds is 6. The molecule has 2 heterocycles. The van der Waals surface area contributed by atoms with E-state index in [1.807, 2.05) is 0 Å². The molecule has 0 unspecified atom stereocenters. The van der Waals surface area contributed by atoms with E-state index in [0.717, 1.165) is 0 Å². The van der Waals surface area contributed by atoms with Gasteiger partial charge in [-0.15, -0.1) is 0 Å². The number of allylic oxidation sites excluding steroid dienone is 1. The van der Waals surface area contributed by atoms with E-state index in [4.69, 9.17) is 40.0 Å². The Morgan fingerprint density at radius 2 is 1.84 bits per heavy atom. The van der Waals surface area contributed by atoms with E-state index in [-0.39, 0.29) is 53.0 Å². The van der Waals surface area contributed by atoms with E-state index in [1.165, 1.54) is 27.4 Å². The van der Waals surface area contributed by atoms with Crippen molar-refractivity contribution in [3.63, 3.8) is 0 Å². The van der Waals surface area contributed by atoms with Crippen LogP contribution in [0.25, 0.3) is 0 Å². The van der Waals surface area contributed by atoms with Gasteiger partial charge in [0, 0.05) is 29.9 Å². The van der Waals surface area contributed by atoms with E-state index < -0.39 is 40.7 Å². The lowest BCUT2D eigenvalue weighted by Gasteiger charge is -2.38. The van der Waals surface area contributed by atoms with Crippen LogP contribution in [-0.4, -0.2) is 56.4 Å². The summed E-state index contributed by atoms with van der Waals surface area (Å²) in [5.41, 5.74) is -1.59. The van der Waals surface area contributed by atoms with Crippen LogP contribution < -0.4 is 23.7 Å². The summed E-state index contributed by atoms with van der Waals surface area (Å²) >= 11 is 6.50. The van der Waals surface area contributed by atoms with Gasteiger partial charge in [-0.3, -0.25) is 14.4 Å². The van der Waals surface area contributed by atoms with Gasteiger partial charge in [0.25, 0.3) is 0 Å². The van der Waals surface area contributed by atoms with Crippen LogP contribution in [0.2, 0.25) is 5.02 Å². The van der Waals surface area contributed by atoms with Gasteiger partial charge in [-0.25, -0.2) is 0 Å². The predicted molar refractivity (Wildman–Crippen MR) is 133 cm³/mol. The Morgan fingerprint density at radius 3 is 2.53 bits per heavy atom. The van der Waals surface area contributed by atoms with Gasteiger partial charge in [-0.1, -0.05) is 24.6 Å². The van der Waals surface area contributed by atoms with Crippen molar-refractivity contribution in [2.24, 2.45) is 5.92 Å². The van der Waals surface area contributed by atoms with Crippen molar-refractivity contribution in [2.75, 3.05) is 28.1 Å². The first-order chi connectivity index (χ1) is 18.2. The summed E-state index contributed by atoms with van der Waals surface area (Å²) in [6.45, 7) is 1.66. The summed E-state index contributed by atoms with van der Waals surface area (Å²) in [5, 5.41) is 11.8. The van der Waals surface area contributed by atoms with E-state index in [2.05, 4.69) is 0 Å². The van der Waals surface area contributed by atoms with Crippen LogP contribution in [0.15, 0.2) is 35.6 Å². The Kier molecular flexibility index (Phi) is 6.38. The van der Waals surface area contributed by atoms with Crippen molar-refractivity contribution in [1.29, 1.82) is 0 Å². The normalized spacial score (nSPS) is 22.3. The molecule has 38 heavy (non-hydrogen) atoms. The number of carbonyl (C=O) groups is 3. The van der Waals surface area contributed by atoms with Gasteiger partial charge in [0.05, 0.1) is 27.8 Å². The summed E-state index contributed by atoms with van der Waals surface area (Å²) in [4.78, 5) is 40.0. The molecule has 200 valence electrons. The fourth-order valence-corrected chi connectivity index (χ4v) is 5.57. The predicted octanol–water partition coefficient (Wildman–Crippen LogP) is 4.17. The number of Topliss-reactive ketones (excluding diaryl/α,β-unsaturated/α-hetero) is 2. The Morgan fingerprint density at radius 1 is 1.13 bits per heavy atom. The highest BCUT2D eigenvalue weighted by Crippen LogP contribution is 2.56. The Balaban J connectivity index is 1.71. The average Bonchev–Trinajstić information content (AvgIpc) is 3.50. The Hall–Kier alpha value is -3.92. The number of esters is 1. The molecule has 2 aromatic carbocycles. The smallest absolute Gasteiger partial charge is 0.306 e. The molecule has 10 nitrogen and oxygen atoms in total. The van der Waals surface area contributed by atoms with E-state index >= 15 is 0 Å². The zero-order chi connectivity index (χ0) is 27.4. The molecule has 0 aromatic heterocycles. The van der Waals surface area contributed by atoms with Crippen LogP contribution in [0.4, 0.5) is 0 Å². The maximum Gasteiger partial charge on any atom is 0.306 e. The van der Waals surface area contributed by atoms with E-state index in [0.29, 0.717) is 17.1 Å². The Bertz CT molecular complexity index is 1400. The lowest BCUT2D eigenvalue weighted by Crippen LogP contribution is -2.53. The average molecular weight is 545 g/mol. The maximum atomic E-state index is 14.0. The lowest BCUT2D eigenvalue weighted by molar-refractivity contribution is -0.140. The number of aliphatic hydroxyl groups is 1. The van der Waals surface area contributed by atoms with Gasteiger partial charge in [0.2, 0.25) is 18.2 Å². The summed E-state index contributed by atoms with van der Waals surface area (Å²) in [7, 11) is 4.00. The number of fused-ring (bicyclic) bond motifs is 2. The number of hydrogen-bond donors (Lipinski definition) is 1. The molecule has 0 radical (unpaired) electrons. The first-order valence-corrected chi connectivity index (χ1v) is 12.2. The number of hydrogen-bond acceptors (Lipinski definition) is 10. The minimum absolute atomic E-state index is 0.0208. The molecule has 1 N–H and O–H groups in total. The third kappa shape index (κ3) is 3.65. The van der Waals surface area contributed by atoms with E-state index in [9.17, 15) is 19.5 Å². The highest BCUT2D eigenvalue weighted by atomic mass is 35.5. The molecule has 3 aliphatic rings. The van der Waals surface area contributed by atoms with Gasteiger partial charge in [0.1, 0.15) is 22.1 Å².